The smallest absolute Gasteiger partial charge is 0.269 e. The number of β-amino-alcohol motifs (C(OH)–C–C–N with tert-alkyl or cyclic N) is 2. The fourth-order valence-corrected chi connectivity index (χ4v) is 2.51. The van der Waals surface area contributed by atoms with E-state index in [4.69, 9.17) is 5.11 Å². The molecule has 1 atom stereocenters. The van der Waals surface area contributed by atoms with Gasteiger partial charge in [0, 0.05) is 51.4 Å². The van der Waals surface area contributed by atoms with Crippen molar-refractivity contribution in [3.63, 3.8) is 0 Å². The molecule has 1 aromatic carbocycles. The SMILES string of the molecule is O=[N+]([O-])c1ccc([C@H](O)CN2CCN(CCO)CC2)cc1. The van der Waals surface area contributed by atoms with E-state index in [1.807, 2.05) is 0 Å². The molecule has 2 rings (SSSR count). The molecule has 7 heteroatoms. The number of aliphatic hydroxyl groups is 2. The molecule has 7 nitrogen and oxygen atoms in total. The van der Waals surface area contributed by atoms with Gasteiger partial charge in [-0.05, 0) is 17.7 Å². The van der Waals surface area contributed by atoms with Crippen LogP contribution in [0.25, 0.3) is 0 Å². The minimum absolute atomic E-state index is 0.0311. The molecule has 0 spiro atoms. The summed E-state index contributed by atoms with van der Waals surface area (Å²) in [6.07, 6.45) is -0.643. The first-order chi connectivity index (χ1) is 10.1. The van der Waals surface area contributed by atoms with Gasteiger partial charge in [0.25, 0.3) is 5.69 Å². The average Bonchev–Trinajstić information content (AvgIpc) is 2.49. The van der Waals surface area contributed by atoms with Crippen molar-refractivity contribution in [2.24, 2.45) is 0 Å². The third-order valence-electron chi connectivity index (χ3n) is 3.80. The van der Waals surface area contributed by atoms with E-state index in [0.29, 0.717) is 18.7 Å². The number of nitrogens with zero attached hydrogens (tertiary/aromatic N) is 3. The lowest BCUT2D eigenvalue weighted by Gasteiger charge is -2.35. The van der Waals surface area contributed by atoms with Gasteiger partial charge in [0.2, 0.25) is 0 Å². The first kappa shape index (κ1) is 15.8. The maximum absolute atomic E-state index is 10.6. The van der Waals surface area contributed by atoms with E-state index in [1.165, 1.54) is 12.1 Å². The zero-order valence-corrected chi connectivity index (χ0v) is 11.9. The number of hydrogen-bond acceptors (Lipinski definition) is 6. The Balaban J connectivity index is 1.84. The Kier molecular flexibility index (Phi) is 5.63. The molecule has 1 aliphatic rings. The van der Waals surface area contributed by atoms with Crippen LogP contribution in [-0.4, -0.2) is 70.8 Å². The summed E-state index contributed by atoms with van der Waals surface area (Å²) in [6, 6.07) is 6.03. The van der Waals surface area contributed by atoms with Gasteiger partial charge in [0.15, 0.2) is 0 Å². The fourth-order valence-electron chi connectivity index (χ4n) is 2.51. The van der Waals surface area contributed by atoms with Gasteiger partial charge < -0.3 is 10.2 Å². The molecule has 21 heavy (non-hydrogen) atoms. The highest BCUT2D eigenvalue weighted by atomic mass is 16.6. The van der Waals surface area contributed by atoms with Crippen molar-refractivity contribution in [1.29, 1.82) is 0 Å². The van der Waals surface area contributed by atoms with E-state index in [0.717, 1.165) is 26.2 Å². The number of nitro benzene ring substituents is 1. The summed E-state index contributed by atoms with van der Waals surface area (Å²) in [7, 11) is 0. The molecule has 1 heterocycles. The van der Waals surface area contributed by atoms with Crippen molar-refractivity contribution in [3.05, 3.63) is 39.9 Å². The normalized spacial score (nSPS) is 18.6. The van der Waals surface area contributed by atoms with Crippen molar-refractivity contribution in [1.82, 2.24) is 9.80 Å². The van der Waals surface area contributed by atoms with Crippen LogP contribution in [0.3, 0.4) is 0 Å². The van der Waals surface area contributed by atoms with E-state index < -0.39 is 11.0 Å². The molecular formula is C14H21N3O4. The first-order valence-electron chi connectivity index (χ1n) is 7.08. The molecule has 1 aliphatic heterocycles. The predicted molar refractivity (Wildman–Crippen MR) is 78.0 cm³/mol. The number of aliphatic hydroxyl groups excluding tert-OH is 2. The van der Waals surface area contributed by atoms with Crippen LogP contribution in [0.2, 0.25) is 0 Å². The maximum Gasteiger partial charge on any atom is 0.269 e. The Morgan fingerprint density at radius 2 is 1.71 bits per heavy atom. The maximum atomic E-state index is 10.6. The molecule has 0 radical (unpaired) electrons. The Bertz CT molecular complexity index is 458. The van der Waals surface area contributed by atoms with Crippen LogP contribution in [-0.2, 0) is 0 Å². The van der Waals surface area contributed by atoms with Crippen LogP contribution in [0.4, 0.5) is 5.69 Å². The molecule has 116 valence electrons. The molecule has 1 aromatic rings. The van der Waals surface area contributed by atoms with E-state index in [-0.39, 0.29) is 12.3 Å². The Morgan fingerprint density at radius 1 is 1.14 bits per heavy atom. The van der Waals surface area contributed by atoms with Crippen LogP contribution in [0.5, 0.6) is 0 Å². The zero-order valence-electron chi connectivity index (χ0n) is 11.9. The molecule has 0 aromatic heterocycles. The highest BCUT2D eigenvalue weighted by Crippen LogP contribution is 2.19. The standard InChI is InChI=1S/C14H21N3O4/c18-10-9-15-5-7-16(8-6-15)11-14(19)12-1-3-13(4-2-12)17(20)21/h1-4,14,18-19H,5-11H2/t14-/m1/s1. The van der Waals surface area contributed by atoms with Crippen LogP contribution in [0, 0.1) is 10.1 Å². The zero-order chi connectivity index (χ0) is 15.2. The van der Waals surface area contributed by atoms with Gasteiger partial charge in [-0.3, -0.25) is 19.9 Å². The van der Waals surface area contributed by atoms with Crippen LogP contribution < -0.4 is 0 Å². The highest BCUT2D eigenvalue weighted by Gasteiger charge is 2.19. The average molecular weight is 295 g/mol. The highest BCUT2D eigenvalue weighted by molar-refractivity contribution is 5.33. The summed E-state index contributed by atoms with van der Waals surface area (Å²) < 4.78 is 0. The lowest BCUT2D eigenvalue weighted by molar-refractivity contribution is -0.384. The second-order valence-corrected chi connectivity index (χ2v) is 5.23. The predicted octanol–water partition coefficient (Wildman–Crippen LogP) is 0.238. The first-order valence-corrected chi connectivity index (χ1v) is 7.08. The molecular weight excluding hydrogens is 274 g/mol. The van der Waals surface area contributed by atoms with Gasteiger partial charge in [0.05, 0.1) is 17.6 Å². The number of hydrogen-bond donors (Lipinski definition) is 2. The summed E-state index contributed by atoms with van der Waals surface area (Å²) >= 11 is 0. The van der Waals surface area contributed by atoms with E-state index >= 15 is 0 Å². The van der Waals surface area contributed by atoms with Gasteiger partial charge >= 0.3 is 0 Å². The van der Waals surface area contributed by atoms with Crippen molar-refractivity contribution in [3.8, 4) is 0 Å². The third kappa shape index (κ3) is 4.47. The number of piperazine rings is 1. The lowest BCUT2D eigenvalue weighted by Crippen LogP contribution is -2.48. The molecule has 0 amide bonds. The second-order valence-electron chi connectivity index (χ2n) is 5.23. The lowest BCUT2D eigenvalue weighted by atomic mass is 10.1. The van der Waals surface area contributed by atoms with E-state index in [9.17, 15) is 15.2 Å². The largest absolute Gasteiger partial charge is 0.395 e. The van der Waals surface area contributed by atoms with Crippen LogP contribution >= 0.6 is 0 Å². The Hall–Kier alpha value is -1.54. The van der Waals surface area contributed by atoms with Gasteiger partial charge in [-0.1, -0.05) is 0 Å². The fraction of sp³-hybridized carbons (Fsp3) is 0.571. The second kappa shape index (κ2) is 7.46. The molecule has 0 aliphatic carbocycles. The number of rotatable bonds is 6. The summed E-state index contributed by atoms with van der Waals surface area (Å²) in [5, 5.41) is 29.7. The van der Waals surface area contributed by atoms with Crippen LogP contribution in [0.1, 0.15) is 11.7 Å². The van der Waals surface area contributed by atoms with Crippen LogP contribution in [0.15, 0.2) is 24.3 Å². The summed E-state index contributed by atoms with van der Waals surface area (Å²) in [5.41, 5.74) is 0.724. The van der Waals surface area contributed by atoms with Gasteiger partial charge in [-0.2, -0.15) is 0 Å². The van der Waals surface area contributed by atoms with Gasteiger partial charge in [-0.15, -0.1) is 0 Å². The van der Waals surface area contributed by atoms with E-state index in [1.54, 1.807) is 12.1 Å². The molecule has 1 fully saturated rings. The molecule has 0 unspecified atom stereocenters. The quantitative estimate of drug-likeness (QED) is 0.577. The van der Waals surface area contributed by atoms with E-state index in [2.05, 4.69) is 9.80 Å². The van der Waals surface area contributed by atoms with Gasteiger partial charge in [-0.25, -0.2) is 0 Å². The Morgan fingerprint density at radius 3 is 2.24 bits per heavy atom. The van der Waals surface area contributed by atoms with Crippen molar-refractivity contribution >= 4 is 5.69 Å². The van der Waals surface area contributed by atoms with Gasteiger partial charge in [0.1, 0.15) is 0 Å². The summed E-state index contributed by atoms with van der Waals surface area (Å²) in [5.74, 6) is 0. The molecule has 2 N–H and O–H groups in total. The molecule has 0 bridgehead atoms. The topological polar surface area (TPSA) is 90.1 Å². The monoisotopic (exact) mass is 295 g/mol. The van der Waals surface area contributed by atoms with Crippen molar-refractivity contribution in [2.75, 3.05) is 45.9 Å². The molecule has 1 saturated heterocycles. The van der Waals surface area contributed by atoms with Crippen molar-refractivity contribution in [2.45, 2.75) is 6.10 Å². The number of nitro groups is 1. The third-order valence-corrected chi connectivity index (χ3v) is 3.80. The minimum Gasteiger partial charge on any atom is -0.395 e. The number of benzene rings is 1. The minimum atomic E-state index is -0.643. The number of non-ortho nitro benzene ring substituents is 1. The Labute approximate surface area is 123 Å². The summed E-state index contributed by atoms with van der Waals surface area (Å²) in [6.45, 7) is 4.85. The summed E-state index contributed by atoms with van der Waals surface area (Å²) in [4.78, 5) is 14.5. The van der Waals surface area contributed by atoms with Crippen molar-refractivity contribution < 1.29 is 15.1 Å². The molecule has 0 saturated carbocycles.